The maximum atomic E-state index is 11.5. The largest absolute Gasteiger partial charge is 0 e. The van der Waals surface area contributed by atoms with Gasteiger partial charge in [0.25, 0.3) is 0 Å². The number of ketones is 1. The van der Waals surface area contributed by atoms with Crippen molar-refractivity contribution in [2.45, 2.75) is 58.8 Å². The van der Waals surface area contributed by atoms with Crippen LogP contribution in [0.15, 0.2) is 72.6 Å². The van der Waals surface area contributed by atoms with Gasteiger partial charge in [-0.3, -0.25) is 4.79 Å². The van der Waals surface area contributed by atoms with Gasteiger partial charge < -0.3 is 5.11 Å². The van der Waals surface area contributed by atoms with Crippen molar-refractivity contribution in [2.24, 2.45) is 10.8 Å². The molecule has 0 bridgehead atoms. The summed E-state index contributed by atoms with van der Waals surface area (Å²) >= 11 is -1.88. The number of aromatic nitrogens is 1. The Morgan fingerprint density at radius 3 is 2.17 bits per heavy atom. The zero-order valence-electron chi connectivity index (χ0n) is 24.9. The van der Waals surface area contributed by atoms with Gasteiger partial charge in [0.15, 0.2) is 5.78 Å². The number of nitrogens with zero attached hydrogens (tertiary/aromatic N) is 2. The predicted octanol–water partition coefficient (Wildman–Crippen LogP) is 8.36. The van der Waals surface area contributed by atoms with Gasteiger partial charge in [0.1, 0.15) is 5.76 Å². The predicted molar refractivity (Wildman–Crippen MR) is 166 cm³/mol. The van der Waals surface area contributed by atoms with Gasteiger partial charge in [0.2, 0.25) is 0 Å². The van der Waals surface area contributed by atoms with Gasteiger partial charge in [-0.1, -0.05) is 41.5 Å². The number of hydrogen-bond donors (Lipinski definition) is 1. The molecule has 0 aliphatic carbocycles. The summed E-state index contributed by atoms with van der Waals surface area (Å²) in [6.45, 7) is 11.1. The molecule has 6 heteroatoms. The topological polar surface area (TPSA) is 74.0 Å². The van der Waals surface area contributed by atoms with Gasteiger partial charge in [-0.05, 0) is 0 Å². The van der Waals surface area contributed by atoms with E-state index in [-0.39, 0.29) is 37.1 Å². The fourth-order valence-corrected chi connectivity index (χ4v) is 6.33. The number of benzene rings is 3. The molecular weight excluding hydrogens is 733 g/mol. The van der Waals surface area contributed by atoms with Crippen LogP contribution in [0, 0.1) is 28.2 Å². The van der Waals surface area contributed by atoms with Crippen LogP contribution >= 0.6 is 0 Å². The molecule has 3 aromatic carbocycles. The van der Waals surface area contributed by atoms with Crippen molar-refractivity contribution < 1.29 is 30.0 Å². The number of hydrogen-bond acceptors (Lipinski definition) is 4. The third kappa shape index (κ3) is 8.13. The van der Waals surface area contributed by atoms with E-state index in [0.717, 1.165) is 27.4 Å². The SMILES string of the molecule is CC(C)(C)C(=O)/C=C(\O)C(C)(C)C.[CH3][Ge]([CH3])([CH3])[c]1ccc2c(-c3[c-]c4ccccc4c(C#N)c3)nccc2c1.[Ir]. The van der Waals surface area contributed by atoms with E-state index in [1.807, 2.05) is 78.1 Å². The van der Waals surface area contributed by atoms with Gasteiger partial charge in [0.05, 0.1) is 0 Å². The number of fused-ring (bicyclic) bond motifs is 2. The molecule has 0 unspecified atom stereocenters. The Labute approximate surface area is 255 Å². The maximum absolute atomic E-state index is 11.5. The van der Waals surface area contributed by atoms with E-state index in [1.54, 1.807) is 0 Å². The maximum Gasteiger partial charge on any atom is 0 e. The van der Waals surface area contributed by atoms with Crippen LogP contribution in [0.2, 0.25) is 17.3 Å². The normalized spacial score (nSPS) is 12.2. The molecule has 0 spiro atoms. The second-order valence-electron chi connectivity index (χ2n) is 13.0. The molecule has 4 nitrogen and oxygen atoms in total. The van der Waals surface area contributed by atoms with E-state index in [4.69, 9.17) is 0 Å². The van der Waals surface area contributed by atoms with Crippen LogP contribution in [-0.4, -0.2) is 29.1 Å². The van der Waals surface area contributed by atoms with Crippen LogP contribution < -0.4 is 4.40 Å². The number of pyridine rings is 1. The summed E-state index contributed by atoms with van der Waals surface area (Å²) in [6, 6.07) is 24.4. The molecule has 0 fully saturated rings. The molecule has 1 N–H and O–H groups in total. The van der Waals surface area contributed by atoms with Crippen molar-refractivity contribution in [3.8, 4) is 17.3 Å². The van der Waals surface area contributed by atoms with Crippen molar-refractivity contribution in [2.75, 3.05) is 0 Å². The number of nitriles is 1. The number of aliphatic hydroxyl groups excluding tert-OH is 1. The van der Waals surface area contributed by atoms with Gasteiger partial charge >= 0.3 is 156 Å². The Kier molecular flexibility index (Phi) is 10.7. The van der Waals surface area contributed by atoms with Crippen molar-refractivity contribution >= 4 is 45.0 Å². The second kappa shape index (κ2) is 12.8. The van der Waals surface area contributed by atoms with E-state index in [2.05, 4.69) is 58.7 Å². The second-order valence-corrected chi connectivity index (χ2v) is 23.6. The van der Waals surface area contributed by atoms with Crippen molar-refractivity contribution in [1.29, 1.82) is 5.26 Å². The molecule has 1 radical (unpaired) electrons. The minimum Gasteiger partial charge on any atom is 0 e. The first-order valence-corrected chi connectivity index (χ1v) is 20.6. The van der Waals surface area contributed by atoms with Crippen LogP contribution in [0.5, 0.6) is 0 Å². The number of allylic oxidation sites excluding steroid dienone is 2. The third-order valence-electron chi connectivity index (χ3n) is 6.56. The van der Waals surface area contributed by atoms with Crippen molar-refractivity contribution in [3.05, 3.63) is 84.3 Å². The van der Waals surface area contributed by atoms with E-state index in [9.17, 15) is 15.2 Å². The molecule has 1 aromatic heterocycles. The van der Waals surface area contributed by atoms with E-state index in [1.165, 1.54) is 15.9 Å². The fourth-order valence-electron chi connectivity index (χ4n) is 3.87. The molecule has 0 atom stereocenters. The summed E-state index contributed by atoms with van der Waals surface area (Å²) in [6.07, 6.45) is 3.19. The molecule has 211 valence electrons. The quantitative estimate of drug-likeness (QED) is 0.0984. The number of carbonyl (C=O) groups excluding carboxylic acids is 1. The zero-order chi connectivity index (χ0) is 29.2. The van der Waals surface area contributed by atoms with E-state index >= 15 is 0 Å². The Morgan fingerprint density at radius 1 is 0.950 bits per heavy atom. The summed E-state index contributed by atoms with van der Waals surface area (Å²) in [5.74, 6) is 7.31. The Hall–Kier alpha value is -2.78. The summed E-state index contributed by atoms with van der Waals surface area (Å²) in [7, 11) is 0. The summed E-state index contributed by atoms with van der Waals surface area (Å²) in [4.78, 5) is 16.1. The van der Waals surface area contributed by atoms with Crippen LogP contribution in [0.1, 0.15) is 47.1 Å². The average Bonchev–Trinajstić information content (AvgIpc) is 2.86. The molecule has 40 heavy (non-hydrogen) atoms. The first-order valence-electron chi connectivity index (χ1n) is 13.2. The van der Waals surface area contributed by atoms with Crippen LogP contribution in [0.3, 0.4) is 0 Å². The Balaban J connectivity index is 0.000000344. The third-order valence-corrected chi connectivity index (χ3v) is 10.8. The van der Waals surface area contributed by atoms with Crippen LogP contribution in [-0.2, 0) is 24.9 Å². The van der Waals surface area contributed by atoms with E-state index < -0.39 is 18.7 Å². The van der Waals surface area contributed by atoms with Gasteiger partial charge in [0, 0.05) is 37.0 Å². The van der Waals surface area contributed by atoms with Gasteiger partial charge in [-0.2, -0.15) is 0 Å². The summed E-state index contributed by atoms with van der Waals surface area (Å²) in [5.41, 5.74) is 1.66. The molecule has 0 amide bonds. The molecule has 0 aliphatic heterocycles. The first kappa shape index (κ1) is 33.4. The summed E-state index contributed by atoms with van der Waals surface area (Å²) in [5, 5.41) is 23.3. The Morgan fingerprint density at radius 2 is 1.60 bits per heavy atom. The Bertz CT molecular complexity index is 1600. The molecule has 0 saturated carbocycles. The molecular formula is C34H39GeIrN2O2-. The summed E-state index contributed by atoms with van der Waals surface area (Å²) < 4.78 is 1.48. The molecule has 0 saturated heterocycles. The number of carbonyl (C=O) groups is 1. The molecule has 0 aliphatic rings. The minimum absolute atomic E-state index is 0. The smallest absolute Gasteiger partial charge is 0 e. The molecule has 1 heterocycles. The van der Waals surface area contributed by atoms with E-state index in [0.29, 0.717) is 5.56 Å². The minimum atomic E-state index is -1.88. The zero-order valence-corrected chi connectivity index (χ0v) is 29.4. The molecule has 4 aromatic rings. The average molecular weight is 773 g/mol. The number of aliphatic hydroxyl groups is 1. The molecule has 4 rings (SSSR count). The van der Waals surface area contributed by atoms with Crippen molar-refractivity contribution in [1.82, 2.24) is 4.98 Å². The van der Waals surface area contributed by atoms with Crippen molar-refractivity contribution in [3.63, 3.8) is 0 Å². The van der Waals surface area contributed by atoms with Crippen LogP contribution in [0.4, 0.5) is 0 Å². The van der Waals surface area contributed by atoms with Gasteiger partial charge in [-0.25, -0.2) is 0 Å². The van der Waals surface area contributed by atoms with Crippen LogP contribution in [0.25, 0.3) is 32.8 Å². The standard InChI is InChI=1S/C23H19GeN2.C11H20O2.Ir/c1-24(2,3)20-8-9-22-17(14-20)10-11-26-23(22)18-12-16-6-4-5-7-21(16)19(13-18)15-25;1-10(2,3)8(12)7-9(13)11(4,5)6;/h4-11,13-14H,1-3H3;7,12H,1-6H3;/q-1;;/b;8-7-;. The fraction of sp³-hybridized carbons (Fsp3) is 0.324. The first-order chi connectivity index (χ1) is 18.0. The monoisotopic (exact) mass is 774 g/mol. The van der Waals surface area contributed by atoms with Gasteiger partial charge in [-0.15, -0.1) is 0 Å². The number of rotatable bonds is 3.